The first-order valence-corrected chi connectivity index (χ1v) is 9.87. The van der Waals surface area contributed by atoms with E-state index in [1.165, 1.54) is 18.3 Å². The zero-order valence-electron chi connectivity index (χ0n) is 13.9. The van der Waals surface area contributed by atoms with Gasteiger partial charge in [0.1, 0.15) is 15.9 Å². The Labute approximate surface area is 160 Å². The molecule has 1 N–H and O–H groups in total. The Balaban J connectivity index is 1.80. The highest BCUT2D eigenvalue weighted by Gasteiger charge is 2.21. The first-order chi connectivity index (χ1) is 12.8. The van der Waals surface area contributed by atoms with E-state index in [1.54, 1.807) is 36.4 Å². The molecule has 0 aliphatic carbocycles. The fraction of sp³-hybridized carbons (Fsp3) is 0.0526. The van der Waals surface area contributed by atoms with Crippen LogP contribution in [-0.2, 0) is 15.6 Å². The van der Waals surface area contributed by atoms with Crippen LogP contribution < -0.4 is 5.32 Å². The number of aromatic nitrogens is 1. The molecule has 3 rings (SSSR count). The van der Waals surface area contributed by atoms with Crippen LogP contribution in [0.3, 0.4) is 0 Å². The third-order valence-electron chi connectivity index (χ3n) is 3.71. The highest BCUT2D eigenvalue weighted by molar-refractivity contribution is 7.90. The van der Waals surface area contributed by atoms with Crippen molar-refractivity contribution in [2.24, 2.45) is 0 Å². The minimum Gasteiger partial charge on any atom is -0.321 e. The summed E-state index contributed by atoms with van der Waals surface area (Å²) in [4.78, 5) is 15.6. The number of carbonyl (C=O) groups excluding carboxylic acids is 1. The molecule has 0 unspecified atom stereocenters. The summed E-state index contributed by atoms with van der Waals surface area (Å²) >= 11 is 5.67. The van der Waals surface area contributed by atoms with Gasteiger partial charge in [-0.3, -0.25) is 4.79 Å². The first-order valence-electron chi connectivity index (χ1n) is 7.84. The second-order valence-corrected chi connectivity index (χ2v) is 8.06. The molecule has 0 saturated carbocycles. The molecule has 5 nitrogen and oxygen atoms in total. The van der Waals surface area contributed by atoms with Crippen LogP contribution in [0.25, 0.3) is 0 Å². The second kappa shape index (κ2) is 7.85. The Morgan fingerprint density at radius 3 is 2.44 bits per heavy atom. The van der Waals surface area contributed by atoms with Crippen molar-refractivity contribution in [2.75, 3.05) is 5.32 Å². The fourth-order valence-electron chi connectivity index (χ4n) is 2.42. The van der Waals surface area contributed by atoms with Gasteiger partial charge >= 0.3 is 0 Å². The van der Waals surface area contributed by atoms with Crippen LogP contribution in [0.4, 0.5) is 10.1 Å². The maximum Gasteiger partial charge on any atom is 0.255 e. The van der Waals surface area contributed by atoms with Crippen molar-refractivity contribution < 1.29 is 17.6 Å². The lowest BCUT2D eigenvalue weighted by molar-refractivity contribution is 0.102. The number of sulfone groups is 1. The molecule has 8 heteroatoms. The molecule has 27 heavy (non-hydrogen) atoms. The van der Waals surface area contributed by atoms with Gasteiger partial charge in [-0.2, -0.15) is 0 Å². The number of hydrogen-bond donors (Lipinski definition) is 1. The molecule has 3 aromatic rings. The molecule has 138 valence electrons. The molecule has 0 saturated heterocycles. The zero-order valence-corrected chi connectivity index (χ0v) is 15.5. The molecule has 2 aromatic carbocycles. The maximum atomic E-state index is 14.4. The van der Waals surface area contributed by atoms with Gasteiger partial charge < -0.3 is 5.32 Å². The number of anilines is 1. The number of rotatable bonds is 5. The molecular weight excluding hydrogens is 391 g/mol. The molecule has 0 aliphatic heterocycles. The Bertz CT molecular complexity index is 1070. The average Bonchev–Trinajstić information content (AvgIpc) is 2.63. The summed E-state index contributed by atoms with van der Waals surface area (Å²) in [5, 5.41) is 2.80. The van der Waals surface area contributed by atoms with E-state index in [-0.39, 0.29) is 16.5 Å². The molecule has 0 atom stereocenters. The van der Waals surface area contributed by atoms with E-state index in [1.807, 2.05) is 0 Å². The molecule has 0 bridgehead atoms. The van der Waals surface area contributed by atoms with Gasteiger partial charge in [-0.1, -0.05) is 41.9 Å². The molecule has 1 heterocycles. The number of nitrogens with zero attached hydrogens (tertiary/aromatic N) is 1. The summed E-state index contributed by atoms with van der Waals surface area (Å²) in [5.41, 5.74) is 0.917. The van der Waals surface area contributed by atoms with Gasteiger partial charge in [0, 0.05) is 5.56 Å². The monoisotopic (exact) mass is 404 g/mol. The molecule has 0 spiro atoms. The summed E-state index contributed by atoms with van der Waals surface area (Å²) in [6, 6.07) is 14.8. The van der Waals surface area contributed by atoms with Gasteiger partial charge in [0.2, 0.25) is 0 Å². The number of nitrogens with one attached hydrogen (secondary N) is 1. The lowest BCUT2D eigenvalue weighted by Gasteiger charge is -2.09. The first kappa shape index (κ1) is 19.0. The van der Waals surface area contributed by atoms with Crippen molar-refractivity contribution in [3.63, 3.8) is 0 Å². The lowest BCUT2D eigenvalue weighted by atomic mass is 10.2. The van der Waals surface area contributed by atoms with Crippen molar-refractivity contribution >= 4 is 33.0 Å². The Hall–Kier alpha value is -2.77. The van der Waals surface area contributed by atoms with E-state index in [0.29, 0.717) is 11.3 Å². The van der Waals surface area contributed by atoms with Crippen LogP contribution in [-0.4, -0.2) is 19.3 Å². The number of benzene rings is 2. The minimum absolute atomic E-state index is 0.0129. The predicted octanol–water partition coefficient (Wildman–Crippen LogP) is 4.10. The molecule has 0 fully saturated rings. The molecule has 0 aliphatic rings. The molecular formula is C19H14ClFN2O3S. The van der Waals surface area contributed by atoms with Crippen LogP contribution in [0.5, 0.6) is 0 Å². The lowest BCUT2D eigenvalue weighted by Crippen LogP contribution is -2.14. The van der Waals surface area contributed by atoms with E-state index in [9.17, 15) is 17.6 Å². The van der Waals surface area contributed by atoms with Crippen molar-refractivity contribution in [1.29, 1.82) is 0 Å². The number of halogens is 2. The summed E-state index contributed by atoms with van der Waals surface area (Å²) in [5.74, 6) is -1.90. The highest BCUT2D eigenvalue weighted by Crippen LogP contribution is 2.21. The largest absolute Gasteiger partial charge is 0.321 e. The quantitative estimate of drug-likeness (QED) is 0.649. The van der Waals surface area contributed by atoms with Crippen LogP contribution in [0.15, 0.2) is 71.8 Å². The van der Waals surface area contributed by atoms with Crippen molar-refractivity contribution in [2.45, 2.75) is 10.6 Å². The fourth-order valence-corrected chi connectivity index (χ4v) is 3.95. The Morgan fingerprint density at radius 2 is 1.81 bits per heavy atom. The predicted molar refractivity (Wildman–Crippen MR) is 101 cm³/mol. The van der Waals surface area contributed by atoms with E-state index in [0.717, 1.165) is 12.1 Å². The van der Waals surface area contributed by atoms with Gasteiger partial charge in [0.05, 0.1) is 17.6 Å². The van der Waals surface area contributed by atoms with Gasteiger partial charge in [-0.15, -0.1) is 0 Å². The van der Waals surface area contributed by atoms with E-state index < -0.39 is 26.5 Å². The van der Waals surface area contributed by atoms with E-state index >= 15 is 0 Å². The number of pyridine rings is 1. The third kappa shape index (κ3) is 4.69. The summed E-state index contributed by atoms with van der Waals surface area (Å²) in [7, 11) is -3.88. The standard InChI is InChI=1S/C19H14ClFN2O3S/c20-18-9-7-15(11-22-18)23-19(24)14-6-8-17(16(21)10-14)27(25,26)12-13-4-2-1-3-5-13/h1-11H,12H2,(H,23,24). The molecule has 0 radical (unpaired) electrons. The van der Waals surface area contributed by atoms with Crippen molar-refractivity contribution in [3.05, 3.63) is 89.0 Å². The van der Waals surface area contributed by atoms with E-state index in [4.69, 9.17) is 11.6 Å². The zero-order chi connectivity index (χ0) is 19.4. The highest BCUT2D eigenvalue weighted by atomic mass is 35.5. The van der Waals surface area contributed by atoms with Crippen LogP contribution >= 0.6 is 11.6 Å². The van der Waals surface area contributed by atoms with Crippen LogP contribution in [0.2, 0.25) is 5.15 Å². The minimum atomic E-state index is -3.88. The normalized spacial score (nSPS) is 11.2. The number of hydrogen-bond acceptors (Lipinski definition) is 4. The summed E-state index contributed by atoms with van der Waals surface area (Å²) < 4.78 is 39.3. The molecule has 1 amide bonds. The third-order valence-corrected chi connectivity index (χ3v) is 5.65. The maximum absolute atomic E-state index is 14.4. The molecule has 1 aromatic heterocycles. The van der Waals surface area contributed by atoms with Crippen molar-refractivity contribution in [3.8, 4) is 0 Å². The van der Waals surface area contributed by atoms with E-state index in [2.05, 4.69) is 10.3 Å². The van der Waals surface area contributed by atoms with Crippen LogP contribution in [0.1, 0.15) is 15.9 Å². The van der Waals surface area contributed by atoms with Gasteiger partial charge in [-0.25, -0.2) is 17.8 Å². The number of carbonyl (C=O) groups is 1. The average molecular weight is 405 g/mol. The smallest absolute Gasteiger partial charge is 0.255 e. The SMILES string of the molecule is O=C(Nc1ccc(Cl)nc1)c1ccc(S(=O)(=O)Cc2ccccc2)c(F)c1. The summed E-state index contributed by atoms with van der Waals surface area (Å²) in [6.07, 6.45) is 1.36. The van der Waals surface area contributed by atoms with Gasteiger partial charge in [0.25, 0.3) is 5.91 Å². The second-order valence-electron chi connectivity index (χ2n) is 5.71. The Kier molecular flexibility index (Phi) is 5.53. The topological polar surface area (TPSA) is 76.1 Å². The van der Waals surface area contributed by atoms with Crippen molar-refractivity contribution in [1.82, 2.24) is 4.98 Å². The van der Waals surface area contributed by atoms with Crippen LogP contribution in [0, 0.1) is 5.82 Å². The summed E-state index contributed by atoms with van der Waals surface area (Å²) in [6.45, 7) is 0. The van der Waals surface area contributed by atoms with Gasteiger partial charge in [0.15, 0.2) is 9.84 Å². The Morgan fingerprint density at radius 1 is 1.07 bits per heavy atom. The van der Waals surface area contributed by atoms with Gasteiger partial charge in [-0.05, 0) is 35.9 Å². The number of amides is 1.